The summed E-state index contributed by atoms with van der Waals surface area (Å²) in [6.45, 7) is 4.27. The standard InChI is InChI=1S/C22H27N5O/c1-3-20-23-12-16-26(20)15-11-21(28)27-13-9-18-19(10-14-27)24-25(2)22(18)17-7-5-4-6-8-17/h4-8,12,16H,3,9-11,13-15H2,1-2H3. The third kappa shape index (κ3) is 3.59. The molecule has 0 radical (unpaired) electrons. The lowest BCUT2D eigenvalue weighted by Crippen LogP contribution is -2.34. The fourth-order valence-electron chi connectivity index (χ4n) is 4.13. The zero-order valence-corrected chi connectivity index (χ0v) is 16.6. The van der Waals surface area contributed by atoms with Crippen molar-refractivity contribution in [3.63, 3.8) is 0 Å². The molecule has 0 aliphatic carbocycles. The number of aryl methyl sites for hydroxylation is 3. The molecular formula is C22H27N5O. The first kappa shape index (κ1) is 18.5. The molecule has 146 valence electrons. The van der Waals surface area contributed by atoms with Crippen LogP contribution >= 0.6 is 0 Å². The van der Waals surface area contributed by atoms with E-state index >= 15 is 0 Å². The fraction of sp³-hybridized carbons (Fsp3) is 0.409. The number of imidazole rings is 1. The number of amides is 1. The fourth-order valence-corrected chi connectivity index (χ4v) is 4.13. The predicted octanol–water partition coefficient (Wildman–Crippen LogP) is 2.86. The third-order valence-electron chi connectivity index (χ3n) is 5.56. The van der Waals surface area contributed by atoms with Crippen LogP contribution in [0.2, 0.25) is 0 Å². The first-order valence-electron chi connectivity index (χ1n) is 10.0. The van der Waals surface area contributed by atoms with Crippen LogP contribution in [-0.2, 0) is 37.6 Å². The van der Waals surface area contributed by atoms with Crippen molar-refractivity contribution < 1.29 is 4.79 Å². The molecule has 0 saturated carbocycles. The summed E-state index contributed by atoms with van der Waals surface area (Å²) in [6.07, 6.45) is 6.83. The minimum Gasteiger partial charge on any atom is -0.342 e. The molecule has 0 saturated heterocycles. The Bertz CT molecular complexity index is 957. The average molecular weight is 377 g/mol. The quantitative estimate of drug-likeness (QED) is 0.687. The van der Waals surface area contributed by atoms with Crippen molar-refractivity contribution in [3.05, 3.63) is 59.8 Å². The second-order valence-electron chi connectivity index (χ2n) is 7.28. The summed E-state index contributed by atoms with van der Waals surface area (Å²) < 4.78 is 4.07. The highest BCUT2D eigenvalue weighted by molar-refractivity contribution is 5.76. The number of rotatable bonds is 5. The van der Waals surface area contributed by atoms with Crippen LogP contribution in [0, 0.1) is 0 Å². The average Bonchev–Trinajstić information content (AvgIpc) is 3.24. The van der Waals surface area contributed by atoms with Crippen molar-refractivity contribution in [1.29, 1.82) is 0 Å². The number of nitrogens with zero attached hydrogens (tertiary/aromatic N) is 5. The van der Waals surface area contributed by atoms with E-state index in [1.165, 1.54) is 16.8 Å². The highest BCUT2D eigenvalue weighted by atomic mass is 16.2. The summed E-state index contributed by atoms with van der Waals surface area (Å²) in [5.74, 6) is 1.25. The van der Waals surface area contributed by atoms with Crippen LogP contribution in [0.15, 0.2) is 42.7 Å². The van der Waals surface area contributed by atoms with E-state index in [9.17, 15) is 4.79 Å². The molecule has 4 rings (SSSR count). The van der Waals surface area contributed by atoms with Gasteiger partial charge in [-0.1, -0.05) is 37.3 Å². The molecule has 1 aliphatic heterocycles. The van der Waals surface area contributed by atoms with Gasteiger partial charge in [-0.2, -0.15) is 5.10 Å². The maximum absolute atomic E-state index is 12.8. The van der Waals surface area contributed by atoms with Gasteiger partial charge in [-0.25, -0.2) is 4.98 Å². The van der Waals surface area contributed by atoms with Crippen molar-refractivity contribution in [2.75, 3.05) is 13.1 Å². The van der Waals surface area contributed by atoms with Crippen LogP contribution in [0.25, 0.3) is 11.3 Å². The Labute approximate surface area is 165 Å². The Morgan fingerprint density at radius 2 is 1.93 bits per heavy atom. The van der Waals surface area contributed by atoms with Gasteiger partial charge < -0.3 is 9.47 Å². The number of benzene rings is 1. The van der Waals surface area contributed by atoms with E-state index in [4.69, 9.17) is 5.10 Å². The van der Waals surface area contributed by atoms with Gasteiger partial charge >= 0.3 is 0 Å². The first-order valence-corrected chi connectivity index (χ1v) is 10.0. The highest BCUT2D eigenvalue weighted by Crippen LogP contribution is 2.28. The second kappa shape index (κ2) is 8.00. The Morgan fingerprint density at radius 3 is 2.71 bits per heavy atom. The SMILES string of the molecule is CCc1nccn1CCC(=O)N1CCc2nn(C)c(-c3ccccc3)c2CC1. The van der Waals surface area contributed by atoms with Gasteiger partial charge in [0.1, 0.15) is 5.82 Å². The van der Waals surface area contributed by atoms with Crippen molar-refractivity contribution in [2.24, 2.45) is 7.05 Å². The Morgan fingerprint density at radius 1 is 1.14 bits per heavy atom. The molecule has 1 aromatic carbocycles. The number of carbonyl (C=O) groups excluding carboxylic acids is 1. The molecule has 28 heavy (non-hydrogen) atoms. The zero-order valence-electron chi connectivity index (χ0n) is 16.6. The molecule has 2 aromatic heterocycles. The number of hydrogen-bond donors (Lipinski definition) is 0. The molecule has 1 amide bonds. The molecule has 1 aliphatic rings. The van der Waals surface area contributed by atoms with E-state index < -0.39 is 0 Å². The van der Waals surface area contributed by atoms with Crippen LogP contribution in [0.5, 0.6) is 0 Å². The van der Waals surface area contributed by atoms with Crippen LogP contribution in [-0.4, -0.2) is 43.2 Å². The summed E-state index contributed by atoms with van der Waals surface area (Å²) in [5, 5.41) is 4.76. The van der Waals surface area contributed by atoms with Gasteiger partial charge in [-0.15, -0.1) is 0 Å². The van der Waals surface area contributed by atoms with E-state index in [1.54, 1.807) is 0 Å². The Kier molecular flexibility index (Phi) is 5.28. The molecule has 0 unspecified atom stereocenters. The molecule has 0 spiro atoms. The van der Waals surface area contributed by atoms with E-state index in [2.05, 4.69) is 40.7 Å². The molecule has 0 fully saturated rings. The van der Waals surface area contributed by atoms with E-state index in [1.807, 2.05) is 35.1 Å². The summed E-state index contributed by atoms with van der Waals surface area (Å²) in [7, 11) is 2.01. The molecule has 3 heterocycles. The van der Waals surface area contributed by atoms with Crippen molar-refractivity contribution in [1.82, 2.24) is 24.2 Å². The smallest absolute Gasteiger partial charge is 0.224 e. The molecule has 0 bridgehead atoms. The van der Waals surface area contributed by atoms with Crippen LogP contribution in [0.4, 0.5) is 0 Å². The van der Waals surface area contributed by atoms with E-state index in [0.717, 1.165) is 43.9 Å². The van der Waals surface area contributed by atoms with Crippen molar-refractivity contribution >= 4 is 5.91 Å². The van der Waals surface area contributed by atoms with Crippen molar-refractivity contribution in [3.8, 4) is 11.3 Å². The lowest BCUT2D eigenvalue weighted by atomic mass is 10.0. The monoisotopic (exact) mass is 377 g/mol. The van der Waals surface area contributed by atoms with Gasteiger partial charge in [-0.3, -0.25) is 9.48 Å². The van der Waals surface area contributed by atoms with E-state index in [0.29, 0.717) is 13.0 Å². The minimum atomic E-state index is 0.214. The lowest BCUT2D eigenvalue weighted by Gasteiger charge is -2.21. The van der Waals surface area contributed by atoms with Gasteiger partial charge in [0.2, 0.25) is 5.91 Å². The first-order chi connectivity index (χ1) is 13.7. The summed E-state index contributed by atoms with van der Waals surface area (Å²) in [4.78, 5) is 19.1. The van der Waals surface area contributed by atoms with Crippen LogP contribution in [0.3, 0.4) is 0 Å². The van der Waals surface area contributed by atoms with Crippen LogP contribution in [0.1, 0.15) is 30.4 Å². The van der Waals surface area contributed by atoms with Gasteiger partial charge in [0.15, 0.2) is 0 Å². The molecular weight excluding hydrogens is 350 g/mol. The maximum atomic E-state index is 12.8. The molecule has 3 aromatic rings. The summed E-state index contributed by atoms with van der Waals surface area (Å²) >= 11 is 0. The number of aromatic nitrogens is 4. The Balaban J connectivity index is 1.45. The Hall–Kier alpha value is -2.89. The summed E-state index contributed by atoms with van der Waals surface area (Å²) in [6, 6.07) is 10.4. The predicted molar refractivity (Wildman–Crippen MR) is 109 cm³/mol. The van der Waals surface area contributed by atoms with Gasteiger partial charge in [-0.05, 0) is 6.42 Å². The van der Waals surface area contributed by atoms with Gasteiger partial charge in [0.05, 0.1) is 11.4 Å². The number of hydrogen-bond acceptors (Lipinski definition) is 3. The molecule has 0 atom stereocenters. The maximum Gasteiger partial charge on any atom is 0.224 e. The lowest BCUT2D eigenvalue weighted by molar-refractivity contribution is -0.131. The van der Waals surface area contributed by atoms with Gasteiger partial charge in [0.25, 0.3) is 0 Å². The highest BCUT2D eigenvalue weighted by Gasteiger charge is 2.24. The van der Waals surface area contributed by atoms with E-state index in [-0.39, 0.29) is 5.91 Å². The van der Waals surface area contributed by atoms with Crippen LogP contribution < -0.4 is 0 Å². The van der Waals surface area contributed by atoms with Crippen molar-refractivity contribution in [2.45, 2.75) is 39.2 Å². The molecule has 6 nitrogen and oxygen atoms in total. The third-order valence-corrected chi connectivity index (χ3v) is 5.56. The largest absolute Gasteiger partial charge is 0.342 e. The number of fused-ring (bicyclic) bond motifs is 1. The molecule has 6 heteroatoms. The zero-order chi connectivity index (χ0) is 19.5. The van der Waals surface area contributed by atoms with Gasteiger partial charge in [0, 0.05) is 69.5 Å². The topological polar surface area (TPSA) is 56.0 Å². The number of carbonyl (C=O) groups is 1. The minimum absolute atomic E-state index is 0.214. The second-order valence-corrected chi connectivity index (χ2v) is 7.28. The molecule has 0 N–H and O–H groups in total. The normalized spacial score (nSPS) is 14.0. The summed E-state index contributed by atoms with van der Waals surface area (Å²) in [5.41, 5.74) is 4.77.